The molecule has 3 rings (SSSR count). The molecule has 3 aromatic carbocycles. The average Bonchev–Trinajstić information content (AvgIpc) is 2.74. The van der Waals surface area contributed by atoms with Crippen molar-refractivity contribution in [2.75, 3.05) is 18.9 Å². The lowest BCUT2D eigenvalue weighted by Gasteiger charge is -2.21. The summed E-state index contributed by atoms with van der Waals surface area (Å²) in [6.07, 6.45) is 0. The molecule has 0 radical (unpaired) electrons. The number of quaternary nitrogens is 1. The van der Waals surface area contributed by atoms with Gasteiger partial charge in [0, 0.05) is 11.3 Å². The summed E-state index contributed by atoms with van der Waals surface area (Å²) in [5.41, 5.74) is 3.99. The van der Waals surface area contributed by atoms with Crippen molar-refractivity contribution < 1.29 is 14.5 Å². The Morgan fingerprint density at radius 2 is 1.60 bits per heavy atom. The number of nitrogens with one attached hydrogen (secondary N) is 3. The maximum atomic E-state index is 12.6. The second-order valence-electron chi connectivity index (χ2n) is 7.96. The van der Waals surface area contributed by atoms with Crippen LogP contribution in [0.5, 0.6) is 0 Å². The van der Waals surface area contributed by atoms with Crippen molar-refractivity contribution in [3.05, 3.63) is 77.4 Å². The molecule has 0 fully saturated rings. The van der Waals surface area contributed by atoms with Crippen LogP contribution in [-0.2, 0) is 16.1 Å². The lowest BCUT2D eigenvalue weighted by Crippen LogP contribution is -3.12. The number of rotatable bonds is 7. The minimum atomic E-state index is -0.274. The third-order valence-corrected chi connectivity index (χ3v) is 5.60. The normalized spacial score (nSPS) is 12.9. The number of carbonyl (C=O) groups excluding carboxylic acids is 2. The van der Waals surface area contributed by atoms with E-state index in [0.29, 0.717) is 0 Å². The van der Waals surface area contributed by atoms with Crippen LogP contribution in [0.25, 0.3) is 10.8 Å². The molecular formula is C25H30N3O2+. The highest BCUT2D eigenvalue weighted by Gasteiger charge is 2.22. The van der Waals surface area contributed by atoms with Gasteiger partial charge in [-0.05, 0) is 48.7 Å². The Labute approximate surface area is 178 Å². The Balaban J connectivity index is 1.53. The second kappa shape index (κ2) is 9.55. The van der Waals surface area contributed by atoms with E-state index in [1.54, 1.807) is 0 Å². The highest BCUT2D eigenvalue weighted by Crippen LogP contribution is 2.19. The van der Waals surface area contributed by atoms with Crippen molar-refractivity contribution in [3.63, 3.8) is 0 Å². The summed E-state index contributed by atoms with van der Waals surface area (Å²) >= 11 is 0. The third kappa shape index (κ3) is 5.24. The van der Waals surface area contributed by atoms with E-state index in [2.05, 4.69) is 41.0 Å². The minimum absolute atomic E-state index is 0.0415. The van der Waals surface area contributed by atoms with Crippen LogP contribution in [0.1, 0.15) is 23.6 Å². The fourth-order valence-corrected chi connectivity index (χ4v) is 3.56. The first-order chi connectivity index (χ1) is 14.3. The Kier molecular flexibility index (Phi) is 6.85. The maximum absolute atomic E-state index is 12.6. The molecule has 0 saturated heterocycles. The molecule has 0 bridgehead atoms. The summed E-state index contributed by atoms with van der Waals surface area (Å²) < 4.78 is 0. The molecule has 3 aromatic rings. The Morgan fingerprint density at radius 1 is 0.933 bits per heavy atom. The van der Waals surface area contributed by atoms with Gasteiger partial charge in [-0.2, -0.15) is 0 Å². The van der Waals surface area contributed by atoms with E-state index in [1.807, 2.05) is 58.2 Å². The lowest BCUT2D eigenvalue weighted by molar-refractivity contribution is -0.908. The summed E-state index contributed by atoms with van der Waals surface area (Å²) in [6, 6.07) is 20.2. The number of benzene rings is 3. The molecule has 0 spiro atoms. The van der Waals surface area contributed by atoms with E-state index < -0.39 is 0 Å². The smallest absolute Gasteiger partial charge is 0.278 e. The van der Waals surface area contributed by atoms with Crippen molar-refractivity contribution in [3.8, 4) is 0 Å². The standard InChI is InChI=1S/C25H29N3O2/c1-17-8-7-9-18(2)24(17)27-23(29)15-26-25(30)19(3)28(4)16-20-12-13-21-10-5-6-11-22(21)14-20/h5-14,19H,15-16H2,1-4H3,(H,26,30)(H,27,29)/p+1/t19-/m1/s1. The van der Waals surface area contributed by atoms with Gasteiger partial charge in [-0.3, -0.25) is 9.59 Å². The first-order valence-electron chi connectivity index (χ1n) is 10.3. The number of amides is 2. The van der Waals surface area contributed by atoms with Gasteiger partial charge >= 0.3 is 0 Å². The number of carbonyl (C=O) groups is 2. The number of fused-ring (bicyclic) bond motifs is 1. The van der Waals surface area contributed by atoms with Crippen LogP contribution in [0.3, 0.4) is 0 Å². The van der Waals surface area contributed by atoms with Crippen LogP contribution in [0, 0.1) is 13.8 Å². The Hall–Kier alpha value is -3.18. The molecule has 0 aliphatic rings. The molecule has 0 aromatic heterocycles. The van der Waals surface area contributed by atoms with Crippen LogP contribution in [0.2, 0.25) is 0 Å². The van der Waals surface area contributed by atoms with Gasteiger partial charge in [-0.1, -0.05) is 54.6 Å². The van der Waals surface area contributed by atoms with Gasteiger partial charge in [0.2, 0.25) is 5.91 Å². The molecule has 0 aliphatic heterocycles. The molecule has 5 heteroatoms. The van der Waals surface area contributed by atoms with Crippen LogP contribution in [0.15, 0.2) is 60.7 Å². The number of hydrogen-bond donors (Lipinski definition) is 3. The molecule has 5 nitrogen and oxygen atoms in total. The summed E-state index contributed by atoms with van der Waals surface area (Å²) in [5, 5.41) is 8.07. The molecule has 0 heterocycles. The van der Waals surface area contributed by atoms with Crippen molar-refractivity contribution >= 4 is 28.3 Å². The fraction of sp³-hybridized carbons (Fsp3) is 0.280. The van der Waals surface area contributed by atoms with E-state index in [-0.39, 0.29) is 24.4 Å². The van der Waals surface area contributed by atoms with Crippen molar-refractivity contribution in [2.24, 2.45) is 0 Å². The highest BCUT2D eigenvalue weighted by molar-refractivity contribution is 5.96. The quantitative estimate of drug-likeness (QED) is 0.567. The van der Waals surface area contributed by atoms with E-state index in [0.717, 1.165) is 28.3 Å². The number of hydrogen-bond acceptors (Lipinski definition) is 2. The first-order valence-corrected chi connectivity index (χ1v) is 10.3. The highest BCUT2D eigenvalue weighted by atomic mass is 16.2. The third-order valence-electron chi connectivity index (χ3n) is 5.60. The number of likely N-dealkylation sites (N-methyl/N-ethyl adjacent to an activating group) is 1. The second-order valence-corrected chi connectivity index (χ2v) is 7.96. The van der Waals surface area contributed by atoms with Gasteiger partial charge in [-0.15, -0.1) is 0 Å². The van der Waals surface area contributed by atoms with E-state index in [4.69, 9.17) is 0 Å². The van der Waals surface area contributed by atoms with Crippen molar-refractivity contribution in [1.82, 2.24) is 5.32 Å². The van der Waals surface area contributed by atoms with Gasteiger partial charge in [0.15, 0.2) is 6.04 Å². The van der Waals surface area contributed by atoms with Gasteiger partial charge in [0.05, 0.1) is 13.6 Å². The zero-order valence-electron chi connectivity index (χ0n) is 18.1. The molecule has 30 heavy (non-hydrogen) atoms. The van der Waals surface area contributed by atoms with Gasteiger partial charge in [0.1, 0.15) is 6.54 Å². The SMILES string of the molecule is Cc1cccc(C)c1NC(=O)CNC(=O)[C@@H](C)[NH+](C)Cc1ccc2ccccc2c1. The molecular weight excluding hydrogens is 374 g/mol. The zero-order chi connectivity index (χ0) is 21.7. The molecule has 2 amide bonds. The van der Waals surface area contributed by atoms with Crippen LogP contribution in [0.4, 0.5) is 5.69 Å². The summed E-state index contributed by atoms with van der Waals surface area (Å²) in [4.78, 5) is 25.9. The maximum Gasteiger partial charge on any atom is 0.278 e. The molecule has 2 atom stereocenters. The molecule has 0 saturated carbocycles. The molecule has 3 N–H and O–H groups in total. The zero-order valence-corrected chi connectivity index (χ0v) is 18.1. The minimum Gasteiger partial charge on any atom is -0.342 e. The topological polar surface area (TPSA) is 62.6 Å². The predicted octanol–water partition coefficient (Wildman–Crippen LogP) is 2.61. The lowest BCUT2D eigenvalue weighted by atomic mass is 10.1. The number of para-hydroxylation sites is 1. The van der Waals surface area contributed by atoms with Crippen molar-refractivity contribution in [2.45, 2.75) is 33.4 Å². The van der Waals surface area contributed by atoms with E-state index in [9.17, 15) is 9.59 Å². The Bertz CT molecular complexity index is 1040. The van der Waals surface area contributed by atoms with Crippen LogP contribution in [-0.4, -0.2) is 31.4 Å². The molecule has 0 aliphatic carbocycles. The van der Waals surface area contributed by atoms with Crippen LogP contribution >= 0.6 is 0 Å². The first kappa shape index (κ1) is 21.5. The number of aryl methyl sites for hydroxylation is 2. The Morgan fingerprint density at radius 3 is 2.30 bits per heavy atom. The van der Waals surface area contributed by atoms with E-state index in [1.165, 1.54) is 16.3 Å². The average molecular weight is 405 g/mol. The van der Waals surface area contributed by atoms with Crippen LogP contribution < -0.4 is 15.5 Å². The van der Waals surface area contributed by atoms with Gasteiger partial charge < -0.3 is 15.5 Å². The molecule has 156 valence electrons. The summed E-state index contributed by atoms with van der Waals surface area (Å²) in [7, 11) is 2.00. The monoisotopic (exact) mass is 404 g/mol. The fourth-order valence-electron chi connectivity index (χ4n) is 3.56. The predicted molar refractivity (Wildman–Crippen MR) is 122 cm³/mol. The van der Waals surface area contributed by atoms with E-state index >= 15 is 0 Å². The van der Waals surface area contributed by atoms with Gasteiger partial charge in [0.25, 0.3) is 5.91 Å². The molecule has 1 unspecified atom stereocenters. The largest absolute Gasteiger partial charge is 0.342 e. The number of anilines is 1. The van der Waals surface area contributed by atoms with Gasteiger partial charge in [-0.25, -0.2) is 0 Å². The summed E-state index contributed by atoms with van der Waals surface area (Å²) in [5.74, 6) is -0.356. The summed E-state index contributed by atoms with van der Waals surface area (Å²) in [6.45, 7) is 6.48. The van der Waals surface area contributed by atoms with Crippen molar-refractivity contribution in [1.29, 1.82) is 0 Å².